The van der Waals surface area contributed by atoms with E-state index in [9.17, 15) is 4.79 Å². The van der Waals surface area contributed by atoms with Crippen molar-refractivity contribution in [1.82, 2.24) is 4.98 Å². The van der Waals surface area contributed by atoms with Gasteiger partial charge in [0, 0.05) is 27.6 Å². The normalized spacial score (nSPS) is 10.9. The van der Waals surface area contributed by atoms with Crippen LogP contribution in [0.15, 0.2) is 53.9 Å². The molecular weight excluding hydrogens is 391 g/mol. The average Bonchev–Trinajstić information content (AvgIpc) is 3.09. The zero-order valence-electron chi connectivity index (χ0n) is 13.7. The van der Waals surface area contributed by atoms with Crippen molar-refractivity contribution < 1.29 is 9.53 Å². The number of ether oxygens (including phenoxy) is 1. The monoisotopic (exact) mass is 404 g/mol. The molecule has 0 unspecified atom stereocenters. The highest BCUT2D eigenvalue weighted by Gasteiger charge is 2.09. The minimum atomic E-state index is -0.308. The van der Waals surface area contributed by atoms with Gasteiger partial charge in [0.1, 0.15) is 5.75 Å². The molecule has 0 aliphatic rings. The van der Waals surface area contributed by atoms with E-state index >= 15 is 0 Å². The van der Waals surface area contributed by atoms with Crippen molar-refractivity contribution in [3.63, 3.8) is 0 Å². The number of halogens is 2. The molecule has 1 aromatic heterocycles. The van der Waals surface area contributed by atoms with Crippen LogP contribution in [0.1, 0.15) is 5.56 Å². The van der Waals surface area contributed by atoms with E-state index in [0.717, 1.165) is 11.3 Å². The Hall–Kier alpha value is -2.34. The van der Waals surface area contributed by atoms with Crippen molar-refractivity contribution in [3.8, 4) is 17.0 Å². The number of carbonyl (C=O) groups is 1. The van der Waals surface area contributed by atoms with Crippen molar-refractivity contribution in [2.45, 2.75) is 0 Å². The van der Waals surface area contributed by atoms with Crippen LogP contribution in [0, 0.1) is 0 Å². The lowest BCUT2D eigenvalue weighted by atomic mass is 10.2. The largest absolute Gasteiger partial charge is 0.495 e. The standard InChI is InChI=1S/C19H14Cl2N2O2S/c1-25-18-13(9-14(20)10-15(18)21)7-8-17(24)23-19-22-16(11-26-19)12-5-3-2-4-6-12/h2-11H,1H3,(H,22,23,24). The lowest BCUT2D eigenvalue weighted by molar-refractivity contribution is -0.111. The second kappa shape index (κ2) is 8.36. The summed E-state index contributed by atoms with van der Waals surface area (Å²) in [5.41, 5.74) is 2.43. The summed E-state index contributed by atoms with van der Waals surface area (Å²) in [6, 6.07) is 13.0. The van der Waals surface area contributed by atoms with Crippen LogP contribution >= 0.6 is 34.5 Å². The summed E-state index contributed by atoms with van der Waals surface area (Å²) in [6.07, 6.45) is 2.98. The molecule has 0 spiro atoms. The van der Waals surface area contributed by atoms with Gasteiger partial charge in [-0.25, -0.2) is 4.98 Å². The van der Waals surface area contributed by atoms with Crippen LogP contribution in [-0.2, 0) is 4.79 Å². The fourth-order valence-corrected chi connectivity index (χ4v) is 3.61. The van der Waals surface area contributed by atoms with E-state index in [0.29, 0.717) is 26.5 Å². The van der Waals surface area contributed by atoms with Gasteiger partial charge in [0.2, 0.25) is 5.91 Å². The molecule has 7 heteroatoms. The number of methoxy groups -OCH3 is 1. The van der Waals surface area contributed by atoms with E-state index in [1.54, 1.807) is 18.2 Å². The summed E-state index contributed by atoms with van der Waals surface area (Å²) < 4.78 is 5.25. The Bertz CT molecular complexity index is 955. The van der Waals surface area contributed by atoms with Crippen molar-refractivity contribution in [3.05, 3.63) is 69.5 Å². The molecular formula is C19H14Cl2N2O2S. The van der Waals surface area contributed by atoms with Gasteiger partial charge in [-0.3, -0.25) is 10.1 Å². The predicted molar refractivity (Wildman–Crippen MR) is 108 cm³/mol. The van der Waals surface area contributed by atoms with Crippen LogP contribution < -0.4 is 10.1 Å². The van der Waals surface area contributed by atoms with Gasteiger partial charge in [0.15, 0.2) is 5.13 Å². The third-order valence-corrected chi connectivity index (χ3v) is 4.72. The van der Waals surface area contributed by atoms with Crippen LogP contribution in [0.3, 0.4) is 0 Å². The molecule has 1 heterocycles. The molecule has 0 saturated heterocycles. The maximum atomic E-state index is 12.2. The molecule has 0 atom stereocenters. The summed E-state index contributed by atoms with van der Waals surface area (Å²) in [5.74, 6) is 0.151. The maximum Gasteiger partial charge on any atom is 0.250 e. The topological polar surface area (TPSA) is 51.2 Å². The number of nitrogens with one attached hydrogen (secondary N) is 1. The lowest BCUT2D eigenvalue weighted by Gasteiger charge is -2.07. The first-order valence-corrected chi connectivity index (χ1v) is 9.23. The van der Waals surface area contributed by atoms with E-state index in [1.165, 1.54) is 24.5 Å². The number of benzene rings is 2. The second-order valence-electron chi connectivity index (χ2n) is 5.24. The highest BCUT2D eigenvalue weighted by atomic mass is 35.5. The lowest BCUT2D eigenvalue weighted by Crippen LogP contribution is -2.07. The van der Waals surface area contributed by atoms with Gasteiger partial charge in [-0.05, 0) is 18.2 Å². The zero-order valence-corrected chi connectivity index (χ0v) is 16.0. The third kappa shape index (κ3) is 4.43. The van der Waals surface area contributed by atoms with Crippen LogP contribution in [0.25, 0.3) is 17.3 Å². The van der Waals surface area contributed by atoms with Gasteiger partial charge in [-0.15, -0.1) is 11.3 Å². The molecule has 1 amide bonds. The van der Waals surface area contributed by atoms with Crippen LogP contribution in [-0.4, -0.2) is 18.0 Å². The number of thiazole rings is 1. The van der Waals surface area contributed by atoms with Crippen molar-refractivity contribution >= 4 is 51.7 Å². The summed E-state index contributed by atoms with van der Waals surface area (Å²) >= 11 is 13.5. The molecule has 0 bridgehead atoms. The van der Waals surface area contributed by atoms with Gasteiger partial charge >= 0.3 is 0 Å². The second-order valence-corrected chi connectivity index (χ2v) is 6.94. The average molecular weight is 405 g/mol. The number of amides is 1. The molecule has 0 radical (unpaired) electrons. The zero-order chi connectivity index (χ0) is 18.5. The molecule has 2 aromatic carbocycles. The SMILES string of the molecule is COc1c(Cl)cc(Cl)cc1C=CC(=O)Nc1nc(-c2ccccc2)cs1. The summed E-state index contributed by atoms with van der Waals surface area (Å²) in [4.78, 5) is 16.6. The van der Waals surface area contributed by atoms with Crippen molar-refractivity contribution in [2.24, 2.45) is 0 Å². The van der Waals surface area contributed by atoms with Gasteiger partial charge in [-0.1, -0.05) is 53.5 Å². The van der Waals surface area contributed by atoms with Gasteiger partial charge in [-0.2, -0.15) is 0 Å². The third-order valence-electron chi connectivity index (χ3n) is 3.46. The number of rotatable bonds is 5. The van der Waals surface area contributed by atoms with Gasteiger partial charge in [0.25, 0.3) is 0 Å². The highest BCUT2D eigenvalue weighted by Crippen LogP contribution is 2.33. The first kappa shape index (κ1) is 18.5. The minimum absolute atomic E-state index is 0.308. The highest BCUT2D eigenvalue weighted by molar-refractivity contribution is 7.14. The summed E-state index contributed by atoms with van der Waals surface area (Å²) in [7, 11) is 1.51. The number of anilines is 1. The number of hydrogen-bond acceptors (Lipinski definition) is 4. The van der Waals surface area contributed by atoms with E-state index in [1.807, 2.05) is 35.7 Å². The van der Waals surface area contributed by atoms with E-state index in [-0.39, 0.29) is 5.91 Å². The fraction of sp³-hybridized carbons (Fsp3) is 0.0526. The van der Waals surface area contributed by atoms with Crippen molar-refractivity contribution in [2.75, 3.05) is 12.4 Å². The van der Waals surface area contributed by atoms with E-state index in [4.69, 9.17) is 27.9 Å². The Kier molecular flexibility index (Phi) is 5.93. The molecule has 0 saturated carbocycles. The molecule has 0 fully saturated rings. The van der Waals surface area contributed by atoms with Crippen molar-refractivity contribution in [1.29, 1.82) is 0 Å². The predicted octanol–water partition coefficient (Wildman–Crippen LogP) is 5.78. The molecule has 3 aromatic rings. The quantitative estimate of drug-likeness (QED) is 0.548. The summed E-state index contributed by atoms with van der Waals surface area (Å²) in [6.45, 7) is 0. The maximum absolute atomic E-state index is 12.2. The Morgan fingerprint density at radius 2 is 2.00 bits per heavy atom. The smallest absolute Gasteiger partial charge is 0.250 e. The minimum Gasteiger partial charge on any atom is -0.495 e. The molecule has 26 heavy (non-hydrogen) atoms. The molecule has 132 valence electrons. The van der Waals surface area contributed by atoms with Crippen LogP contribution in [0.5, 0.6) is 5.75 Å². The van der Waals surface area contributed by atoms with Crippen LogP contribution in [0.4, 0.5) is 5.13 Å². The molecule has 3 rings (SSSR count). The number of nitrogens with zero attached hydrogens (tertiary/aromatic N) is 1. The Balaban J connectivity index is 1.72. The number of aromatic nitrogens is 1. The van der Waals surface area contributed by atoms with E-state index < -0.39 is 0 Å². The Morgan fingerprint density at radius 1 is 1.23 bits per heavy atom. The van der Waals surface area contributed by atoms with Crippen LogP contribution in [0.2, 0.25) is 10.0 Å². The number of carbonyl (C=O) groups excluding carboxylic acids is 1. The fourth-order valence-electron chi connectivity index (χ4n) is 2.30. The molecule has 4 nitrogen and oxygen atoms in total. The first-order chi connectivity index (χ1) is 12.6. The molecule has 0 aliphatic heterocycles. The first-order valence-electron chi connectivity index (χ1n) is 7.60. The Labute approximate surface area is 165 Å². The molecule has 1 N–H and O–H groups in total. The molecule has 0 aliphatic carbocycles. The number of hydrogen-bond donors (Lipinski definition) is 1. The summed E-state index contributed by atoms with van der Waals surface area (Å²) in [5, 5.41) is 6.01. The van der Waals surface area contributed by atoms with Gasteiger partial charge in [0.05, 0.1) is 17.8 Å². The Morgan fingerprint density at radius 3 is 2.73 bits per heavy atom. The van der Waals surface area contributed by atoms with E-state index in [2.05, 4.69) is 10.3 Å². The van der Waals surface area contributed by atoms with Gasteiger partial charge < -0.3 is 4.74 Å².